The maximum absolute atomic E-state index is 13.3. The number of piperidine rings is 1. The van der Waals surface area contributed by atoms with Crippen molar-refractivity contribution in [2.45, 2.75) is 51.9 Å². The maximum atomic E-state index is 13.3. The Morgan fingerprint density at radius 2 is 1.46 bits per heavy atom. The molecule has 1 amide bonds. The van der Waals surface area contributed by atoms with E-state index in [1.54, 1.807) is 0 Å². The summed E-state index contributed by atoms with van der Waals surface area (Å²) < 4.78 is 0. The van der Waals surface area contributed by atoms with Crippen molar-refractivity contribution >= 4 is 5.91 Å². The number of fused-ring (bicyclic) bond motifs is 1. The van der Waals surface area contributed by atoms with E-state index in [-0.39, 0.29) is 5.91 Å². The fraction of sp³-hybridized carbons (Fsp3) is 0.458. The van der Waals surface area contributed by atoms with Gasteiger partial charge in [0.05, 0.1) is 5.41 Å². The normalized spacial score (nSPS) is 18.8. The molecular weight excluding hydrogens is 318 g/mol. The van der Waals surface area contributed by atoms with Gasteiger partial charge in [0.25, 0.3) is 0 Å². The molecule has 2 nitrogen and oxygen atoms in total. The maximum Gasteiger partial charge on any atom is 0.232 e. The summed E-state index contributed by atoms with van der Waals surface area (Å²) in [7, 11) is 0. The predicted octanol–water partition coefficient (Wildman–Crippen LogP) is 4.68. The van der Waals surface area contributed by atoms with Gasteiger partial charge in [-0.15, -0.1) is 0 Å². The highest BCUT2D eigenvalue weighted by Gasteiger charge is 2.42. The number of aryl methyl sites for hydroxylation is 1. The smallest absolute Gasteiger partial charge is 0.232 e. The van der Waals surface area contributed by atoms with Crippen LogP contribution in [0.15, 0.2) is 48.5 Å². The molecule has 0 saturated carbocycles. The van der Waals surface area contributed by atoms with Gasteiger partial charge in [0.1, 0.15) is 0 Å². The van der Waals surface area contributed by atoms with Gasteiger partial charge in [-0.1, -0.05) is 54.1 Å². The zero-order valence-corrected chi connectivity index (χ0v) is 16.2. The molecule has 0 N–H and O–H groups in total. The molecule has 1 spiro atoms. The molecule has 1 aliphatic heterocycles. The Bertz CT molecular complexity index is 783. The summed E-state index contributed by atoms with van der Waals surface area (Å²) in [5.41, 5.74) is 5.31. The molecule has 0 bridgehead atoms. The highest BCUT2D eigenvalue weighted by Crippen LogP contribution is 2.45. The Labute approximate surface area is 157 Å². The van der Waals surface area contributed by atoms with Crippen LogP contribution in [0, 0.1) is 12.3 Å². The third kappa shape index (κ3) is 2.96. The lowest BCUT2D eigenvalue weighted by Crippen LogP contribution is -2.49. The van der Waals surface area contributed by atoms with E-state index < -0.39 is 5.41 Å². The number of amides is 1. The van der Waals surface area contributed by atoms with Gasteiger partial charge in [-0.3, -0.25) is 4.79 Å². The van der Waals surface area contributed by atoms with E-state index in [9.17, 15) is 4.79 Å². The van der Waals surface area contributed by atoms with Crippen LogP contribution in [0.4, 0.5) is 0 Å². The first-order valence-corrected chi connectivity index (χ1v) is 9.83. The van der Waals surface area contributed by atoms with Crippen molar-refractivity contribution < 1.29 is 4.79 Å². The lowest BCUT2D eigenvalue weighted by molar-refractivity contribution is -0.138. The van der Waals surface area contributed by atoms with Gasteiger partial charge in [-0.2, -0.15) is 0 Å². The average Bonchev–Trinajstić information content (AvgIpc) is 2.99. The second-order valence-electron chi connectivity index (χ2n) is 8.91. The van der Waals surface area contributed by atoms with Crippen LogP contribution in [0.5, 0.6) is 0 Å². The molecule has 1 aliphatic carbocycles. The van der Waals surface area contributed by atoms with Crippen LogP contribution < -0.4 is 0 Å². The van der Waals surface area contributed by atoms with Gasteiger partial charge in [0.15, 0.2) is 0 Å². The molecule has 4 rings (SSSR count). The van der Waals surface area contributed by atoms with E-state index >= 15 is 0 Å². The Hall–Kier alpha value is -2.09. The van der Waals surface area contributed by atoms with Gasteiger partial charge in [0.2, 0.25) is 5.91 Å². The topological polar surface area (TPSA) is 20.3 Å². The van der Waals surface area contributed by atoms with Crippen LogP contribution in [-0.2, 0) is 23.1 Å². The molecule has 2 heteroatoms. The molecule has 136 valence electrons. The summed E-state index contributed by atoms with van der Waals surface area (Å²) in [6, 6.07) is 17.3. The van der Waals surface area contributed by atoms with Crippen LogP contribution in [0.1, 0.15) is 48.9 Å². The number of carbonyl (C=O) groups is 1. The van der Waals surface area contributed by atoms with E-state index in [2.05, 4.69) is 74.2 Å². The van der Waals surface area contributed by atoms with Gasteiger partial charge in [0, 0.05) is 13.1 Å². The van der Waals surface area contributed by atoms with Crippen LogP contribution in [0.3, 0.4) is 0 Å². The van der Waals surface area contributed by atoms with Crippen molar-refractivity contribution in [3.8, 4) is 0 Å². The number of rotatable bonds is 2. The van der Waals surface area contributed by atoms with E-state index in [1.807, 2.05) is 0 Å². The van der Waals surface area contributed by atoms with Crippen molar-refractivity contribution in [1.29, 1.82) is 0 Å². The number of hydrogen-bond acceptors (Lipinski definition) is 1. The summed E-state index contributed by atoms with van der Waals surface area (Å²) in [5.74, 6) is 0.270. The molecule has 26 heavy (non-hydrogen) atoms. The van der Waals surface area contributed by atoms with Crippen molar-refractivity contribution in [2.75, 3.05) is 13.1 Å². The van der Waals surface area contributed by atoms with Gasteiger partial charge < -0.3 is 4.90 Å². The van der Waals surface area contributed by atoms with E-state index in [4.69, 9.17) is 0 Å². The molecule has 1 saturated heterocycles. The van der Waals surface area contributed by atoms with Crippen LogP contribution >= 0.6 is 0 Å². The largest absolute Gasteiger partial charge is 0.342 e. The minimum Gasteiger partial charge on any atom is -0.342 e. The fourth-order valence-electron chi connectivity index (χ4n) is 4.80. The third-order valence-corrected chi connectivity index (χ3v) is 6.67. The van der Waals surface area contributed by atoms with Crippen molar-refractivity contribution in [1.82, 2.24) is 4.90 Å². The molecule has 0 unspecified atom stereocenters. The second kappa shape index (κ2) is 6.26. The first-order chi connectivity index (χ1) is 12.4. The Balaban J connectivity index is 1.45. The standard InChI is InChI=1S/C24H29NO/c1-18-8-10-21(11-9-18)23(2,3)22(26)25-14-12-24(13-15-25)16-19-6-4-5-7-20(19)17-24/h4-11H,12-17H2,1-3H3. The van der Waals surface area contributed by atoms with E-state index in [0.29, 0.717) is 5.41 Å². The van der Waals surface area contributed by atoms with Crippen LogP contribution in [-0.4, -0.2) is 23.9 Å². The van der Waals surface area contributed by atoms with Crippen LogP contribution in [0.2, 0.25) is 0 Å². The molecule has 0 atom stereocenters. The monoisotopic (exact) mass is 347 g/mol. The van der Waals surface area contributed by atoms with Gasteiger partial charge in [-0.25, -0.2) is 0 Å². The molecule has 0 radical (unpaired) electrons. The summed E-state index contributed by atoms with van der Waals surface area (Å²) in [6.45, 7) is 8.00. The molecule has 2 aromatic carbocycles. The fourth-order valence-corrected chi connectivity index (χ4v) is 4.80. The van der Waals surface area contributed by atoms with Crippen molar-refractivity contribution in [3.63, 3.8) is 0 Å². The third-order valence-electron chi connectivity index (χ3n) is 6.67. The van der Waals surface area contributed by atoms with Crippen molar-refractivity contribution in [2.24, 2.45) is 5.41 Å². The molecule has 2 aliphatic rings. The zero-order chi connectivity index (χ0) is 18.4. The second-order valence-corrected chi connectivity index (χ2v) is 8.91. The first-order valence-electron chi connectivity index (χ1n) is 9.83. The number of hydrogen-bond donors (Lipinski definition) is 0. The Kier molecular flexibility index (Phi) is 4.17. The quantitative estimate of drug-likeness (QED) is 0.772. The lowest BCUT2D eigenvalue weighted by Gasteiger charge is -2.42. The molecular formula is C24H29NO. The first kappa shape index (κ1) is 17.3. The van der Waals surface area contributed by atoms with Crippen molar-refractivity contribution in [3.05, 3.63) is 70.8 Å². The predicted molar refractivity (Wildman–Crippen MR) is 106 cm³/mol. The highest BCUT2D eigenvalue weighted by molar-refractivity contribution is 5.87. The molecule has 1 fully saturated rings. The summed E-state index contributed by atoms with van der Waals surface area (Å²) in [4.78, 5) is 15.4. The Morgan fingerprint density at radius 1 is 0.923 bits per heavy atom. The van der Waals surface area contributed by atoms with Crippen LogP contribution in [0.25, 0.3) is 0 Å². The SMILES string of the molecule is Cc1ccc(C(C)(C)C(=O)N2CCC3(CC2)Cc2ccccc2C3)cc1. The Morgan fingerprint density at radius 3 is 2.00 bits per heavy atom. The molecule has 0 aromatic heterocycles. The van der Waals surface area contributed by atoms with E-state index in [1.165, 1.54) is 29.5 Å². The summed E-state index contributed by atoms with van der Waals surface area (Å²) in [6.07, 6.45) is 4.62. The highest BCUT2D eigenvalue weighted by atomic mass is 16.2. The average molecular weight is 348 g/mol. The number of nitrogens with zero attached hydrogens (tertiary/aromatic N) is 1. The van der Waals surface area contributed by atoms with Gasteiger partial charge in [-0.05, 0) is 68.6 Å². The number of benzene rings is 2. The lowest BCUT2D eigenvalue weighted by atomic mass is 9.75. The minimum absolute atomic E-state index is 0.270. The number of likely N-dealkylation sites (tertiary alicyclic amines) is 1. The van der Waals surface area contributed by atoms with Gasteiger partial charge >= 0.3 is 0 Å². The molecule has 2 aromatic rings. The number of carbonyl (C=O) groups excluding carboxylic acids is 1. The van der Waals surface area contributed by atoms with E-state index in [0.717, 1.165) is 31.5 Å². The summed E-state index contributed by atoms with van der Waals surface area (Å²) >= 11 is 0. The minimum atomic E-state index is -0.461. The zero-order valence-electron chi connectivity index (χ0n) is 16.2. The molecule has 1 heterocycles. The summed E-state index contributed by atoms with van der Waals surface area (Å²) in [5, 5.41) is 0.